The maximum absolute atomic E-state index is 13.6. The molecule has 1 spiro atoms. The molecule has 0 radical (unpaired) electrons. The van der Waals surface area contributed by atoms with Crippen molar-refractivity contribution in [1.29, 1.82) is 0 Å². The Bertz CT molecular complexity index is 1320. The van der Waals surface area contributed by atoms with Crippen molar-refractivity contribution in [1.82, 2.24) is 20.1 Å². The molecule has 0 bridgehead atoms. The quantitative estimate of drug-likeness (QED) is 0.456. The number of rotatable bonds is 8. The van der Waals surface area contributed by atoms with Crippen molar-refractivity contribution < 1.29 is 22.7 Å². The van der Waals surface area contributed by atoms with Crippen LogP contribution in [0.4, 0.5) is 19.0 Å². The second-order valence-electron chi connectivity index (χ2n) is 10.3. The van der Waals surface area contributed by atoms with Gasteiger partial charge in [0.1, 0.15) is 17.1 Å². The van der Waals surface area contributed by atoms with Crippen molar-refractivity contribution in [3.05, 3.63) is 70.7 Å². The van der Waals surface area contributed by atoms with Gasteiger partial charge < -0.3 is 15.4 Å². The highest BCUT2D eigenvalue weighted by Gasteiger charge is 2.46. The van der Waals surface area contributed by atoms with Crippen LogP contribution in [0.25, 0.3) is 0 Å². The topological polar surface area (TPSA) is 81.1 Å². The van der Waals surface area contributed by atoms with E-state index in [0.29, 0.717) is 31.4 Å². The van der Waals surface area contributed by atoms with Gasteiger partial charge in [-0.2, -0.15) is 18.3 Å². The maximum Gasteiger partial charge on any atom is 0.422 e. The number of amides is 1. The van der Waals surface area contributed by atoms with E-state index in [1.54, 1.807) is 30.6 Å². The smallest absolute Gasteiger partial charge is 0.422 e. The van der Waals surface area contributed by atoms with E-state index < -0.39 is 18.3 Å². The second kappa shape index (κ2) is 9.08. The average molecular weight is 512 g/mol. The molecular formula is C27H28F3N5O2. The predicted molar refractivity (Wildman–Crippen MR) is 130 cm³/mol. The van der Waals surface area contributed by atoms with Crippen LogP contribution in [0.1, 0.15) is 58.4 Å². The normalized spacial score (nSPS) is 20.5. The second-order valence-corrected chi connectivity index (χ2v) is 10.3. The fourth-order valence-electron chi connectivity index (χ4n) is 5.52. The molecule has 194 valence electrons. The highest BCUT2D eigenvalue weighted by molar-refractivity contribution is 6.02. The summed E-state index contributed by atoms with van der Waals surface area (Å²) in [5.74, 6) is 1.45. The summed E-state index contributed by atoms with van der Waals surface area (Å²) in [5, 5.41) is 11.6. The van der Waals surface area contributed by atoms with Gasteiger partial charge in [-0.1, -0.05) is 25.0 Å². The highest BCUT2D eigenvalue weighted by atomic mass is 19.4. The molecule has 2 aliphatic carbocycles. The Morgan fingerprint density at radius 3 is 2.86 bits per heavy atom. The lowest BCUT2D eigenvalue weighted by molar-refractivity contribution is -0.153. The molecule has 7 nitrogen and oxygen atoms in total. The number of nitrogens with one attached hydrogen (secondary N) is 2. The van der Waals surface area contributed by atoms with Gasteiger partial charge in [0.25, 0.3) is 5.91 Å². The van der Waals surface area contributed by atoms with Crippen LogP contribution in [0.3, 0.4) is 0 Å². The molecule has 3 heterocycles. The van der Waals surface area contributed by atoms with E-state index in [1.165, 1.54) is 12.8 Å². The van der Waals surface area contributed by atoms with Crippen LogP contribution >= 0.6 is 0 Å². The number of pyridine rings is 1. The lowest BCUT2D eigenvalue weighted by atomic mass is 9.82. The largest absolute Gasteiger partial charge is 0.484 e. The van der Waals surface area contributed by atoms with Crippen LogP contribution in [0, 0.1) is 5.92 Å². The Morgan fingerprint density at radius 1 is 1.24 bits per heavy atom. The lowest BCUT2D eigenvalue weighted by Crippen LogP contribution is -2.49. The van der Waals surface area contributed by atoms with Gasteiger partial charge in [0.2, 0.25) is 0 Å². The molecule has 3 aliphatic rings. The minimum absolute atomic E-state index is 0.183. The molecule has 1 atom stereocenters. The number of carbonyl (C=O) groups is 1. The number of nitrogens with zero attached hydrogens (tertiary/aromatic N) is 3. The molecule has 0 saturated heterocycles. The third-order valence-corrected chi connectivity index (χ3v) is 7.52. The number of hydrogen-bond donors (Lipinski definition) is 2. The number of halogens is 3. The van der Waals surface area contributed by atoms with Gasteiger partial charge in [-0.05, 0) is 60.1 Å². The van der Waals surface area contributed by atoms with E-state index in [2.05, 4.69) is 15.6 Å². The Labute approximate surface area is 212 Å². The number of fused-ring (bicyclic) bond motifs is 3. The Morgan fingerprint density at radius 2 is 2.11 bits per heavy atom. The number of aryl methyl sites for hydroxylation is 2. The first kappa shape index (κ1) is 23.8. The number of anilines is 1. The van der Waals surface area contributed by atoms with Crippen molar-refractivity contribution in [3.8, 4) is 5.75 Å². The van der Waals surface area contributed by atoms with E-state index in [9.17, 15) is 18.0 Å². The number of hydrogen-bond acceptors (Lipinski definition) is 5. The first-order valence-corrected chi connectivity index (χ1v) is 12.7. The Kier molecular flexibility index (Phi) is 5.84. The fourth-order valence-corrected chi connectivity index (χ4v) is 5.52. The molecule has 3 aromatic rings. The van der Waals surface area contributed by atoms with Gasteiger partial charge in [0.15, 0.2) is 6.61 Å². The molecule has 6 rings (SSSR count). The SMILES string of the molecule is O=C1N[C@@]2(CCc3cc(OCC(F)(F)F)ccc32)Cc2nn(CCC3CC3)c(NCc3cccnc3)c21. The molecule has 1 aromatic carbocycles. The average Bonchev–Trinajstić information content (AvgIpc) is 3.56. The van der Waals surface area contributed by atoms with Gasteiger partial charge in [0.05, 0.1) is 11.2 Å². The molecular weight excluding hydrogens is 483 g/mol. The van der Waals surface area contributed by atoms with Crippen molar-refractivity contribution >= 4 is 11.7 Å². The Hall–Kier alpha value is -3.56. The van der Waals surface area contributed by atoms with Crippen molar-refractivity contribution in [2.75, 3.05) is 11.9 Å². The number of carbonyl (C=O) groups excluding carboxylic acids is 1. The number of ether oxygens (including phenoxy) is 1. The van der Waals surface area contributed by atoms with Crippen molar-refractivity contribution in [2.45, 2.75) is 63.3 Å². The van der Waals surface area contributed by atoms with Crippen LogP contribution < -0.4 is 15.4 Å². The summed E-state index contributed by atoms with van der Waals surface area (Å²) in [5.41, 5.74) is 3.52. The highest BCUT2D eigenvalue weighted by Crippen LogP contribution is 2.44. The van der Waals surface area contributed by atoms with E-state index >= 15 is 0 Å². The lowest BCUT2D eigenvalue weighted by Gasteiger charge is -2.35. The molecule has 1 amide bonds. The van der Waals surface area contributed by atoms with Crippen molar-refractivity contribution in [2.24, 2.45) is 5.92 Å². The Balaban J connectivity index is 1.27. The third-order valence-electron chi connectivity index (χ3n) is 7.52. The molecule has 37 heavy (non-hydrogen) atoms. The summed E-state index contributed by atoms with van der Waals surface area (Å²) in [7, 11) is 0. The van der Waals surface area contributed by atoms with Crippen LogP contribution in [0.2, 0.25) is 0 Å². The molecule has 1 fully saturated rings. The van der Waals surface area contributed by atoms with Crippen LogP contribution in [0.5, 0.6) is 5.75 Å². The zero-order valence-electron chi connectivity index (χ0n) is 20.3. The van der Waals surface area contributed by atoms with Gasteiger partial charge in [-0.15, -0.1) is 0 Å². The summed E-state index contributed by atoms with van der Waals surface area (Å²) in [4.78, 5) is 17.7. The molecule has 2 aromatic heterocycles. The zero-order chi connectivity index (χ0) is 25.6. The minimum Gasteiger partial charge on any atom is -0.484 e. The number of aromatic nitrogens is 3. The van der Waals surface area contributed by atoms with E-state index in [0.717, 1.165) is 47.1 Å². The summed E-state index contributed by atoms with van der Waals surface area (Å²) < 4.78 is 44.6. The first-order valence-electron chi connectivity index (χ1n) is 12.7. The number of alkyl halides is 3. The monoisotopic (exact) mass is 511 g/mol. The molecule has 0 unspecified atom stereocenters. The van der Waals surface area contributed by atoms with E-state index in [4.69, 9.17) is 9.84 Å². The summed E-state index contributed by atoms with van der Waals surface area (Å²) in [6.45, 7) is -0.0642. The molecule has 1 aliphatic heterocycles. The van der Waals surface area contributed by atoms with Gasteiger partial charge in [-0.25, -0.2) is 4.68 Å². The standard InChI is InChI=1S/C27H28F3N5O2/c28-27(29,30)16-37-20-5-6-21-19(12-20)7-9-26(21)13-22-23(25(36)33-26)24(32-15-18-2-1-10-31-14-18)35(34-22)11-8-17-3-4-17/h1-2,5-6,10,12,14,17,32H,3-4,7-9,11,13,15-16H2,(H,33,36)/t26-/m0/s1. The van der Waals surface area contributed by atoms with Crippen LogP contribution in [0.15, 0.2) is 42.7 Å². The summed E-state index contributed by atoms with van der Waals surface area (Å²) in [6.07, 6.45) is 4.47. The maximum atomic E-state index is 13.6. The van der Waals surface area contributed by atoms with Crippen LogP contribution in [-0.2, 0) is 31.5 Å². The molecule has 1 saturated carbocycles. The molecule has 10 heteroatoms. The summed E-state index contributed by atoms with van der Waals surface area (Å²) in [6, 6.07) is 8.85. The van der Waals surface area contributed by atoms with Crippen molar-refractivity contribution in [3.63, 3.8) is 0 Å². The van der Waals surface area contributed by atoms with E-state index in [1.807, 2.05) is 16.8 Å². The van der Waals surface area contributed by atoms with E-state index in [-0.39, 0.29) is 11.7 Å². The fraction of sp³-hybridized carbons (Fsp3) is 0.444. The molecule has 2 N–H and O–H groups in total. The van der Waals surface area contributed by atoms with Gasteiger partial charge in [0, 0.05) is 31.9 Å². The van der Waals surface area contributed by atoms with Gasteiger partial charge >= 0.3 is 6.18 Å². The van der Waals surface area contributed by atoms with Crippen LogP contribution in [-0.4, -0.2) is 33.5 Å². The minimum atomic E-state index is -4.39. The first-order chi connectivity index (χ1) is 17.8. The van der Waals surface area contributed by atoms with Gasteiger partial charge in [-0.3, -0.25) is 9.78 Å². The zero-order valence-corrected chi connectivity index (χ0v) is 20.3. The summed E-state index contributed by atoms with van der Waals surface area (Å²) >= 11 is 0. The predicted octanol–water partition coefficient (Wildman–Crippen LogP) is 4.76. The third kappa shape index (κ3) is 4.89. The number of benzene rings is 1.